The second-order valence-electron chi connectivity index (χ2n) is 7.30. The Kier molecular flexibility index (Phi) is 3.72. The van der Waals surface area contributed by atoms with Gasteiger partial charge in [0.15, 0.2) is 0 Å². The highest BCUT2D eigenvalue weighted by molar-refractivity contribution is 5.74. The minimum absolute atomic E-state index is 0.0596. The van der Waals surface area contributed by atoms with E-state index >= 15 is 0 Å². The molecule has 5 nitrogen and oxygen atoms in total. The summed E-state index contributed by atoms with van der Waals surface area (Å²) in [7, 11) is 3.09. The summed E-state index contributed by atoms with van der Waals surface area (Å²) >= 11 is 0. The van der Waals surface area contributed by atoms with Crippen LogP contribution >= 0.6 is 0 Å². The molecule has 0 N–H and O–H groups in total. The molecular formula is C16H28O5. The molecule has 5 atom stereocenters. The van der Waals surface area contributed by atoms with Gasteiger partial charge in [-0.25, -0.2) is 0 Å². The van der Waals surface area contributed by atoms with Gasteiger partial charge in [0.1, 0.15) is 23.6 Å². The number of methoxy groups -OCH3 is 2. The van der Waals surface area contributed by atoms with Crippen molar-refractivity contribution in [2.24, 2.45) is 17.3 Å². The molecule has 0 bridgehead atoms. The molecule has 0 amide bonds. The Morgan fingerprint density at radius 2 is 1.67 bits per heavy atom. The van der Waals surface area contributed by atoms with Gasteiger partial charge in [-0.3, -0.25) is 4.79 Å². The lowest BCUT2D eigenvalue weighted by atomic mass is 9.46. The predicted octanol–water partition coefficient (Wildman–Crippen LogP) is 2.38. The molecule has 5 heteroatoms. The van der Waals surface area contributed by atoms with Crippen LogP contribution in [-0.2, 0) is 23.7 Å². The number of rotatable bonds is 2. The molecule has 2 aliphatic rings. The summed E-state index contributed by atoms with van der Waals surface area (Å²) in [5, 5.41) is 0. The van der Waals surface area contributed by atoms with Crippen LogP contribution < -0.4 is 0 Å². The molecule has 1 aliphatic carbocycles. The SMILES string of the molecule is COC(=O)C1C(C)C2(C)OCOC2(C)C(C)(OC)C1(C)C. The van der Waals surface area contributed by atoms with Crippen LogP contribution in [0.25, 0.3) is 0 Å². The molecule has 1 saturated carbocycles. The molecule has 1 aliphatic heterocycles. The summed E-state index contributed by atoms with van der Waals surface area (Å²) in [6.07, 6.45) is 0. The number of hydrogen-bond donors (Lipinski definition) is 0. The topological polar surface area (TPSA) is 54.0 Å². The maximum absolute atomic E-state index is 12.5. The summed E-state index contributed by atoms with van der Waals surface area (Å²) in [6, 6.07) is 0. The monoisotopic (exact) mass is 300 g/mol. The van der Waals surface area contributed by atoms with E-state index in [0.29, 0.717) is 0 Å². The van der Waals surface area contributed by atoms with E-state index in [1.165, 1.54) is 7.11 Å². The average molecular weight is 300 g/mol. The first-order chi connectivity index (χ1) is 9.53. The van der Waals surface area contributed by atoms with Crippen molar-refractivity contribution in [1.29, 1.82) is 0 Å². The second-order valence-corrected chi connectivity index (χ2v) is 7.30. The van der Waals surface area contributed by atoms with E-state index in [2.05, 4.69) is 0 Å². The molecular weight excluding hydrogens is 272 g/mol. The van der Waals surface area contributed by atoms with E-state index in [4.69, 9.17) is 18.9 Å². The molecule has 0 radical (unpaired) electrons. The smallest absolute Gasteiger partial charge is 0.309 e. The summed E-state index contributed by atoms with van der Waals surface area (Å²) < 4.78 is 23.0. The minimum atomic E-state index is -0.698. The van der Waals surface area contributed by atoms with E-state index < -0.39 is 22.2 Å². The third-order valence-corrected chi connectivity index (χ3v) is 6.80. The van der Waals surface area contributed by atoms with Gasteiger partial charge in [0.2, 0.25) is 0 Å². The van der Waals surface area contributed by atoms with Gasteiger partial charge in [0.25, 0.3) is 0 Å². The molecule has 5 unspecified atom stereocenters. The number of carbonyl (C=O) groups is 1. The third-order valence-electron chi connectivity index (χ3n) is 6.80. The van der Waals surface area contributed by atoms with Crippen molar-refractivity contribution in [3.05, 3.63) is 0 Å². The van der Waals surface area contributed by atoms with Crippen LogP contribution in [-0.4, -0.2) is 43.8 Å². The number of fused-ring (bicyclic) bond motifs is 1. The minimum Gasteiger partial charge on any atom is -0.469 e. The summed E-state index contributed by atoms with van der Waals surface area (Å²) in [4.78, 5) is 12.5. The number of ether oxygens (including phenoxy) is 4. The maximum Gasteiger partial charge on any atom is 0.309 e. The van der Waals surface area contributed by atoms with Crippen LogP contribution in [0, 0.1) is 17.3 Å². The van der Waals surface area contributed by atoms with Gasteiger partial charge in [0, 0.05) is 18.4 Å². The first-order valence-corrected chi connectivity index (χ1v) is 7.44. The van der Waals surface area contributed by atoms with E-state index in [1.54, 1.807) is 7.11 Å². The lowest BCUT2D eigenvalue weighted by Gasteiger charge is -2.65. The molecule has 1 saturated heterocycles. The number of esters is 1. The molecule has 21 heavy (non-hydrogen) atoms. The van der Waals surface area contributed by atoms with Crippen LogP contribution in [0.2, 0.25) is 0 Å². The Hall–Kier alpha value is -0.650. The number of carbonyl (C=O) groups excluding carboxylic acids is 1. The van der Waals surface area contributed by atoms with E-state index in [-0.39, 0.29) is 24.6 Å². The van der Waals surface area contributed by atoms with Crippen LogP contribution in [0.4, 0.5) is 0 Å². The zero-order chi connectivity index (χ0) is 16.3. The van der Waals surface area contributed by atoms with Gasteiger partial charge in [0.05, 0.1) is 13.0 Å². The highest BCUT2D eigenvalue weighted by Gasteiger charge is 2.76. The van der Waals surface area contributed by atoms with Gasteiger partial charge in [-0.15, -0.1) is 0 Å². The Labute approximate surface area is 127 Å². The fourth-order valence-corrected chi connectivity index (χ4v) is 4.67. The highest BCUT2D eigenvalue weighted by Crippen LogP contribution is 2.64. The zero-order valence-corrected chi connectivity index (χ0v) is 14.4. The molecule has 1 heterocycles. The van der Waals surface area contributed by atoms with Gasteiger partial charge in [-0.1, -0.05) is 20.8 Å². The van der Waals surface area contributed by atoms with Gasteiger partial charge < -0.3 is 18.9 Å². The van der Waals surface area contributed by atoms with Crippen LogP contribution in [0.3, 0.4) is 0 Å². The Morgan fingerprint density at radius 3 is 2.14 bits per heavy atom. The van der Waals surface area contributed by atoms with Crippen molar-refractivity contribution < 1.29 is 23.7 Å². The molecule has 0 aromatic rings. The molecule has 2 fully saturated rings. The quantitative estimate of drug-likeness (QED) is 0.733. The maximum atomic E-state index is 12.5. The number of hydrogen-bond acceptors (Lipinski definition) is 5. The van der Waals surface area contributed by atoms with Gasteiger partial charge >= 0.3 is 5.97 Å². The summed E-state index contributed by atoms with van der Waals surface area (Å²) in [5.41, 5.74) is -2.44. The first-order valence-electron chi connectivity index (χ1n) is 7.44. The van der Waals surface area contributed by atoms with Crippen molar-refractivity contribution in [3.8, 4) is 0 Å². The van der Waals surface area contributed by atoms with Crippen molar-refractivity contribution in [1.82, 2.24) is 0 Å². The summed E-state index contributed by atoms with van der Waals surface area (Å²) in [5.74, 6) is -0.627. The predicted molar refractivity (Wildman–Crippen MR) is 77.7 cm³/mol. The molecule has 0 aromatic carbocycles. The van der Waals surface area contributed by atoms with Gasteiger partial charge in [-0.2, -0.15) is 0 Å². The van der Waals surface area contributed by atoms with Crippen molar-refractivity contribution in [3.63, 3.8) is 0 Å². The van der Waals surface area contributed by atoms with E-state index in [1.807, 2.05) is 41.5 Å². The lowest BCUT2D eigenvalue weighted by Crippen LogP contribution is -2.77. The Bertz CT molecular complexity index is 448. The average Bonchev–Trinajstić information content (AvgIpc) is 2.74. The van der Waals surface area contributed by atoms with Crippen molar-refractivity contribution in [2.45, 2.75) is 58.3 Å². The van der Waals surface area contributed by atoms with E-state index in [9.17, 15) is 4.79 Å². The van der Waals surface area contributed by atoms with Gasteiger partial charge in [-0.05, 0) is 20.8 Å². The van der Waals surface area contributed by atoms with E-state index in [0.717, 1.165) is 0 Å². The molecule has 0 aromatic heterocycles. The van der Waals surface area contributed by atoms with Crippen LogP contribution in [0.1, 0.15) is 41.5 Å². The molecule has 0 spiro atoms. The Balaban J connectivity index is 2.68. The van der Waals surface area contributed by atoms with Crippen molar-refractivity contribution in [2.75, 3.05) is 21.0 Å². The molecule has 122 valence electrons. The summed E-state index contributed by atoms with van der Waals surface area (Å²) in [6.45, 7) is 12.4. The third kappa shape index (κ3) is 1.65. The largest absolute Gasteiger partial charge is 0.469 e. The van der Waals surface area contributed by atoms with Crippen LogP contribution in [0.5, 0.6) is 0 Å². The fraction of sp³-hybridized carbons (Fsp3) is 0.938. The second kappa shape index (κ2) is 4.67. The standard InChI is InChI=1S/C16H28O5/c1-10-11(12(17)18-7)13(2,3)15(5,19-8)16(6)14(10,4)20-9-21-16/h10-11H,9H2,1-8H3. The molecule has 2 rings (SSSR count). The lowest BCUT2D eigenvalue weighted by molar-refractivity contribution is -0.289. The fourth-order valence-electron chi connectivity index (χ4n) is 4.67. The first kappa shape index (κ1) is 16.7. The zero-order valence-electron chi connectivity index (χ0n) is 14.4. The Morgan fingerprint density at radius 1 is 1.10 bits per heavy atom. The van der Waals surface area contributed by atoms with Crippen LogP contribution in [0.15, 0.2) is 0 Å². The highest BCUT2D eigenvalue weighted by atomic mass is 16.7. The van der Waals surface area contributed by atoms with Crippen molar-refractivity contribution >= 4 is 5.97 Å². The normalized spacial score (nSPS) is 48.8.